The fourth-order valence-corrected chi connectivity index (χ4v) is 3.75. The molecule has 34 heavy (non-hydrogen) atoms. The van der Waals surface area contributed by atoms with E-state index in [9.17, 15) is 27.9 Å². The van der Waals surface area contributed by atoms with E-state index in [0.29, 0.717) is 6.42 Å². The third-order valence-electron chi connectivity index (χ3n) is 5.47. The quantitative estimate of drug-likeness (QED) is 0.425. The maximum absolute atomic E-state index is 13.4. The zero-order valence-corrected chi connectivity index (χ0v) is 18.0. The van der Waals surface area contributed by atoms with Gasteiger partial charge in [0.25, 0.3) is 5.56 Å². The fourth-order valence-electron chi connectivity index (χ4n) is 3.75. The molecule has 4 rings (SSSR count). The van der Waals surface area contributed by atoms with Crippen molar-refractivity contribution in [3.8, 4) is 16.9 Å². The summed E-state index contributed by atoms with van der Waals surface area (Å²) in [5.74, 6) is -1.41. The molecule has 4 aromatic rings. The second kappa shape index (κ2) is 9.01. The zero-order valence-electron chi connectivity index (χ0n) is 18.0. The molecule has 0 atom stereocenters. The lowest BCUT2D eigenvalue weighted by molar-refractivity contribution is -0.137. The van der Waals surface area contributed by atoms with Gasteiger partial charge in [0.2, 0.25) is 0 Å². The molecule has 0 bridgehead atoms. The Kier molecular flexibility index (Phi) is 6.10. The lowest BCUT2D eigenvalue weighted by Gasteiger charge is -2.15. The minimum absolute atomic E-state index is 0.0333. The first kappa shape index (κ1) is 23.0. The number of aromatic hydroxyl groups is 1. The molecule has 6 nitrogen and oxygen atoms in total. The number of aryl methyl sites for hydroxylation is 2. The Balaban J connectivity index is 1.95. The molecule has 0 radical (unpaired) electrons. The van der Waals surface area contributed by atoms with Gasteiger partial charge in [0.15, 0.2) is 11.4 Å². The van der Waals surface area contributed by atoms with Crippen LogP contribution >= 0.6 is 0 Å². The Bertz CT molecular complexity index is 1430. The lowest BCUT2D eigenvalue weighted by atomic mass is 10.0. The van der Waals surface area contributed by atoms with Gasteiger partial charge in [-0.25, -0.2) is 9.78 Å². The van der Waals surface area contributed by atoms with E-state index in [4.69, 9.17) is 0 Å². The topological polar surface area (TPSA) is 81.4 Å². The van der Waals surface area contributed by atoms with E-state index in [1.807, 2.05) is 30.3 Å². The van der Waals surface area contributed by atoms with Gasteiger partial charge in [-0.2, -0.15) is 13.2 Å². The Morgan fingerprint density at radius 1 is 1.09 bits per heavy atom. The molecule has 9 heteroatoms. The molecule has 2 heterocycles. The van der Waals surface area contributed by atoms with Crippen molar-refractivity contribution in [2.24, 2.45) is 0 Å². The largest absolute Gasteiger partial charge is 0.505 e. The second-order valence-corrected chi connectivity index (χ2v) is 7.57. The average molecular weight is 468 g/mol. The Morgan fingerprint density at radius 3 is 2.50 bits per heavy atom. The average Bonchev–Trinajstić information content (AvgIpc) is 2.83. The summed E-state index contributed by atoms with van der Waals surface area (Å²) < 4.78 is 45.8. The van der Waals surface area contributed by atoms with Crippen molar-refractivity contribution in [2.75, 3.05) is 7.11 Å². The third kappa shape index (κ3) is 4.36. The van der Waals surface area contributed by atoms with E-state index in [1.54, 1.807) is 0 Å². The number of alkyl halides is 3. The van der Waals surface area contributed by atoms with E-state index in [1.165, 1.54) is 29.0 Å². The number of halogens is 3. The van der Waals surface area contributed by atoms with Crippen molar-refractivity contribution in [1.29, 1.82) is 0 Å². The molecule has 0 saturated carbocycles. The first-order valence-electron chi connectivity index (χ1n) is 10.3. The molecule has 0 fully saturated rings. The Hall–Kier alpha value is -4.14. The number of methoxy groups -OCH3 is 1. The summed E-state index contributed by atoms with van der Waals surface area (Å²) in [6.45, 7) is 0.171. The summed E-state index contributed by atoms with van der Waals surface area (Å²) >= 11 is 0. The number of benzene rings is 2. The van der Waals surface area contributed by atoms with Gasteiger partial charge in [-0.05, 0) is 35.7 Å². The SMILES string of the molecule is COC(=O)c1ncc2c(cc(-c3cccc(C(F)(F)F)c3)c(=O)n2CCc2ccccc2)c1O. The third-order valence-corrected chi connectivity index (χ3v) is 5.47. The lowest BCUT2D eigenvalue weighted by Crippen LogP contribution is -2.24. The van der Waals surface area contributed by atoms with Crippen LogP contribution in [0.1, 0.15) is 21.6 Å². The number of aromatic nitrogens is 2. The Morgan fingerprint density at radius 2 is 1.82 bits per heavy atom. The minimum atomic E-state index is -4.59. The molecule has 1 N–H and O–H groups in total. The molecular weight excluding hydrogens is 449 g/mol. The van der Waals surface area contributed by atoms with Crippen LogP contribution in [-0.4, -0.2) is 27.7 Å². The number of hydrogen-bond donors (Lipinski definition) is 1. The number of fused-ring (bicyclic) bond motifs is 1. The highest BCUT2D eigenvalue weighted by Crippen LogP contribution is 2.34. The number of nitrogens with zero attached hydrogens (tertiary/aromatic N) is 2. The molecule has 174 valence electrons. The highest BCUT2D eigenvalue weighted by atomic mass is 19.4. The van der Waals surface area contributed by atoms with Crippen LogP contribution in [0.15, 0.2) is 71.7 Å². The van der Waals surface area contributed by atoms with Gasteiger partial charge >= 0.3 is 12.1 Å². The van der Waals surface area contributed by atoms with Crippen molar-refractivity contribution in [3.63, 3.8) is 0 Å². The number of carbonyl (C=O) groups excluding carboxylic acids is 1. The van der Waals surface area contributed by atoms with Crippen molar-refractivity contribution < 1.29 is 27.8 Å². The zero-order chi connectivity index (χ0) is 24.5. The van der Waals surface area contributed by atoms with Crippen molar-refractivity contribution in [2.45, 2.75) is 19.1 Å². The van der Waals surface area contributed by atoms with E-state index < -0.39 is 29.0 Å². The summed E-state index contributed by atoms with van der Waals surface area (Å²) in [4.78, 5) is 29.4. The summed E-state index contributed by atoms with van der Waals surface area (Å²) in [7, 11) is 1.13. The number of ether oxygens (including phenoxy) is 1. The molecule has 0 unspecified atom stereocenters. The number of esters is 1. The van der Waals surface area contributed by atoms with Crippen LogP contribution in [-0.2, 0) is 23.9 Å². The highest BCUT2D eigenvalue weighted by Gasteiger charge is 2.31. The van der Waals surface area contributed by atoms with Gasteiger partial charge in [-0.15, -0.1) is 0 Å². The molecule has 0 spiro atoms. The van der Waals surface area contributed by atoms with Gasteiger partial charge in [0.05, 0.1) is 24.4 Å². The van der Waals surface area contributed by atoms with Crippen molar-refractivity contribution >= 4 is 16.9 Å². The van der Waals surface area contributed by atoms with Crippen LogP contribution in [0.2, 0.25) is 0 Å². The van der Waals surface area contributed by atoms with Crippen LogP contribution in [0, 0.1) is 0 Å². The Labute approximate surface area is 191 Å². The smallest absolute Gasteiger partial charge is 0.416 e. The summed E-state index contributed by atoms with van der Waals surface area (Å²) in [5.41, 5.74) is -0.658. The van der Waals surface area contributed by atoms with E-state index >= 15 is 0 Å². The molecule has 2 aromatic heterocycles. The summed E-state index contributed by atoms with van der Waals surface area (Å²) in [6, 6.07) is 15.0. The van der Waals surface area contributed by atoms with Crippen LogP contribution in [0.4, 0.5) is 13.2 Å². The number of rotatable bonds is 5. The number of carbonyl (C=O) groups is 1. The normalized spacial score (nSPS) is 11.5. The molecule has 0 saturated heterocycles. The van der Waals surface area contributed by atoms with Gasteiger partial charge in [0.1, 0.15) is 0 Å². The van der Waals surface area contributed by atoms with E-state index in [2.05, 4.69) is 9.72 Å². The molecule has 0 amide bonds. The van der Waals surface area contributed by atoms with E-state index in [0.717, 1.165) is 24.8 Å². The van der Waals surface area contributed by atoms with E-state index in [-0.39, 0.29) is 34.3 Å². The predicted octanol–water partition coefficient (Wildman–Crippen LogP) is 4.82. The molecule has 2 aromatic carbocycles. The van der Waals surface area contributed by atoms with Crippen LogP contribution < -0.4 is 5.56 Å². The van der Waals surface area contributed by atoms with Gasteiger partial charge in [-0.1, -0.05) is 42.5 Å². The molecular formula is C25H19F3N2O4. The van der Waals surface area contributed by atoms with Crippen LogP contribution in [0.3, 0.4) is 0 Å². The molecule has 0 aliphatic heterocycles. The van der Waals surface area contributed by atoms with Gasteiger partial charge in [0, 0.05) is 17.5 Å². The van der Waals surface area contributed by atoms with Crippen LogP contribution in [0.25, 0.3) is 22.0 Å². The number of pyridine rings is 2. The maximum atomic E-state index is 13.4. The standard InChI is InChI=1S/C25H19F3N2O4/c1-34-24(33)21-22(31)19-13-18(16-8-5-9-17(12-16)25(26,27)28)23(32)30(20(19)14-29-21)11-10-15-6-3-2-4-7-15/h2-9,12-14,31H,10-11H2,1H3. The van der Waals surface area contributed by atoms with Crippen molar-refractivity contribution in [1.82, 2.24) is 9.55 Å². The maximum Gasteiger partial charge on any atom is 0.416 e. The molecule has 0 aliphatic carbocycles. The number of hydrogen-bond acceptors (Lipinski definition) is 5. The highest BCUT2D eigenvalue weighted by molar-refractivity contribution is 5.99. The fraction of sp³-hybridized carbons (Fsp3) is 0.160. The minimum Gasteiger partial charge on any atom is -0.505 e. The summed E-state index contributed by atoms with van der Waals surface area (Å²) in [5, 5.41) is 10.8. The second-order valence-electron chi connectivity index (χ2n) is 7.57. The van der Waals surface area contributed by atoms with Crippen LogP contribution in [0.5, 0.6) is 5.75 Å². The molecule has 0 aliphatic rings. The van der Waals surface area contributed by atoms with Crippen molar-refractivity contribution in [3.05, 3.63) is 94.0 Å². The first-order chi connectivity index (χ1) is 16.2. The summed E-state index contributed by atoms with van der Waals surface area (Å²) in [6.07, 6.45) is -2.88. The van der Waals surface area contributed by atoms with Gasteiger partial charge < -0.3 is 14.4 Å². The monoisotopic (exact) mass is 468 g/mol. The predicted molar refractivity (Wildman–Crippen MR) is 120 cm³/mol. The first-order valence-corrected chi connectivity index (χ1v) is 10.3. The van der Waals surface area contributed by atoms with Gasteiger partial charge in [-0.3, -0.25) is 4.79 Å².